The van der Waals surface area contributed by atoms with Gasteiger partial charge in [-0.15, -0.1) is 11.3 Å². The van der Waals surface area contributed by atoms with Crippen molar-refractivity contribution in [2.75, 3.05) is 24.6 Å². The number of aryl methyl sites for hydroxylation is 2. The molecule has 1 amide bonds. The molecule has 32 heavy (non-hydrogen) atoms. The Bertz CT molecular complexity index is 1170. The van der Waals surface area contributed by atoms with Gasteiger partial charge in [0, 0.05) is 43.5 Å². The highest BCUT2D eigenvalue weighted by Gasteiger charge is 2.42. The molecule has 2 aliphatic heterocycles. The number of carbonyl (C=O) groups excluding carboxylic acids is 1. The summed E-state index contributed by atoms with van der Waals surface area (Å²) in [4.78, 5) is 21.1. The zero-order chi connectivity index (χ0) is 22.5. The van der Waals surface area contributed by atoms with Gasteiger partial charge in [0.15, 0.2) is 10.7 Å². The molecular weight excluding hydrogens is 431 g/mol. The van der Waals surface area contributed by atoms with Crippen LogP contribution in [0.1, 0.15) is 46.4 Å². The number of imidazole rings is 1. The zero-order valence-electron chi connectivity index (χ0n) is 18.5. The van der Waals surface area contributed by atoms with E-state index >= 15 is 0 Å². The van der Waals surface area contributed by atoms with Crippen molar-refractivity contribution >= 4 is 27.9 Å². The lowest BCUT2D eigenvalue weighted by Crippen LogP contribution is -2.45. The predicted octanol–water partition coefficient (Wildman–Crippen LogP) is 3.81. The maximum Gasteiger partial charge on any atom is 0.270 e. The summed E-state index contributed by atoms with van der Waals surface area (Å²) < 4.78 is 28.5. The van der Waals surface area contributed by atoms with Gasteiger partial charge in [0.1, 0.15) is 11.5 Å². The van der Waals surface area contributed by atoms with Gasteiger partial charge < -0.3 is 19.7 Å². The minimum Gasteiger partial charge on any atom is -0.369 e. The van der Waals surface area contributed by atoms with Crippen molar-refractivity contribution in [2.45, 2.75) is 52.0 Å². The second kappa shape index (κ2) is 8.13. The smallest absolute Gasteiger partial charge is 0.270 e. The fraction of sp³-hybridized carbons (Fsp3) is 0.478. The molecule has 5 rings (SSSR count). The van der Waals surface area contributed by atoms with E-state index in [9.17, 15) is 9.18 Å². The Balaban J connectivity index is 1.23. The minimum absolute atomic E-state index is 0.110. The number of thiazole rings is 1. The Kier molecular flexibility index (Phi) is 5.43. The number of halogens is 1. The maximum atomic E-state index is 14.9. The lowest BCUT2D eigenvalue weighted by molar-refractivity contribution is -0.178. The average Bonchev–Trinajstić information content (AvgIpc) is 3.38. The van der Waals surface area contributed by atoms with Crippen molar-refractivity contribution in [1.82, 2.24) is 14.7 Å². The molecule has 1 aromatic carbocycles. The Hall–Kier alpha value is -2.49. The third-order valence-electron chi connectivity index (χ3n) is 6.16. The van der Waals surface area contributed by atoms with Crippen LogP contribution in [0.5, 0.6) is 0 Å². The van der Waals surface area contributed by atoms with Crippen LogP contribution < -0.4 is 10.2 Å². The van der Waals surface area contributed by atoms with E-state index in [-0.39, 0.29) is 24.4 Å². The van der Waals surface area contributed by atoms with E-state index in [0.717, 1.165) is 22.7 Å². The van der Waals surface area contributed by atoms with E-state index in [1.54, 1.807) is 17.4 Å². The highest BCUT2D eigenvalue weighted by Crippen LogP contribution is 2.36. The minimum atomic E-state index is -0.505. The SMILES string of the molecule is Cc1cn2c(C(=O)NCc3ccc(N4CCC5(CC4)OC[C@@H](C)O5)c(F)c3)c(C)nc2s1. The molecule has 0 radical (unpaired) electrons. The summed E-state index contributed by atoms with van der Waals surface area (Å²) in [5, 5.41) is 2.90. The Labute approximate surface area is 190 Å². The standard InChI is InChI=1S/C23H27FN4O3S/c1-14-13-30-23(31-14)6-8-27(9-7-23)19-5-4-17(10-18(19)24)11-25-21(29)20-16(3)26-22-28(20)12-15(2)32-22/h4-5,10,12,14H,6-9,11,13H2,1-3H3,(H,25,29)/t14-/m1/s1. The molecule has 0 aliphatic carbocycles. The lowest BCUT2D eigenvalue weighted by Gasteiger charge is -2.39. The summed E-state index contributed by atoms with van der Waals surface area (Å²) in [6, 6.07) is 5.15. The summed E-state index contributed by atoms with van der Waals surface area (Å²) in [5.41, 5.74) is 2.49. The van der Waals surface area contributed by atoms with E-state index in [0.29, 0.717) is 42.3 Å². The summed E-state index contributed by atoms with van der Waals surface area (Å²) in [5.74, 6) is -1.01. The number of hydrogen-bond acceptors (Lipinski definition) is 6. The number of piperidine rings is 1. The van der Waals surface area contributed by atoms with Crippen molar-refractivity contribution in [1.29, 1.82) is 0 Å². The summed E-state index contributed by atoms with van der Waals surface area (Å²) in [6.07, 6.45) is 3.46. The number of fused-ring (bicyclic) bond motifs is 1. The first-order valence-corrected chi connectivity index (χ1v) is 11.7. The van der Waals surface area contributed by atoms with Crippen molar-refractivity contribution in [3.8, 4) is 0 Å². The fourth-order valence-corrected chi connectivity index (χ4v) is 5.45. The van der Waals surface area contributed by atoms with Crippen molar-refractivity contribution in [3.63, 3.8) is 0 Å². The number of hydrogen-bond donors (Lipinski definition) is 1. The number of ether oxygens (including phenoxy) is 2. The number of aromatic nitrogens is 2. The second-order valence-corrected chi connectivity index (χ2v) is 9.86. The monoisotopic (exact) mass is 458 g/mol. The molecule has 170 valence electrons. The molecule has 0 unspecified atom stereocenters. The molecule has 9 heteroatoms. The normalized spacial score (nSPS) is 20.4. The molecule has 2 saturated heterocycles. The highest BCUT2D eigenvalue weighted by molar-refractivity contribution is 7.17. The molecule has 1 spiro atoms. The van der Waals surface area contributed by atoms with Crippen LogP contribution in [0.25, 0.3) is 4.96 Å². The molecule has 0 bridgehead atoms. The van der Waals surface area contributed by atoms with E-state index in [1.807, 2.05) is 42.3 Å². The molecule has 3 aromatic rings. The van der Waals surface area contributed by atoms with Crippen LogP contribution in [-0.2, 0) is 16.0 Å². The molecule has 4 heterocycles. The van der Waals surface area contributed by atoms with Gasteiger partial charge in [-0.3, -0.25) is 9.20 Å². The van der Waals surface area contributed by atoms with Gasteiger partial charge in [0.25, 0.3) is 5.91 Å². The molecule has 1 N–H and O–H groups in total. The number of carbonyl (C=O) groups is 1. The van der Waals surface area contributed by atoms with Crippen LogP contribution in [0.2, 0.25) is 0 Å². The molecule has 7 nitrogen and oxygen atoms in total. The van der Waals surface area contributed by atoms with Gasteiger partial charge in [0.05, 0.1) is 24.1 Å². The van der Waals surface area contributed by atoms with Gasteiger partial charge in [-0.1, -0.05) is 6.07 Å². The molecule has 2 aromatic heterocycles. The largest absolute Gasteiger partial charge is 0.369 e. The van der Waals surface area contributed by atoms with Crippen LogP contribution in [0.15, 0.2) is 24.4 Å². The van der Waals surface area contributed by atoms with Gasteiger partial charge in [0.2, 0.25) is 0 Å². The maximum absolute atomic E-state index is 14.9. The topological polar surface area (TPSA) is 68.1 Å². The first-order chi connectivity index (χ1) is 15.3. The number of nitrogens with zero attached hydrogens (tertiary/aromatic N) is 3. The molecule has 0 saturated carbocycles. The average molecular weight is 459 g/mol. The van der Waals surface area contributed by atoms with Crippen molar-refractivity contribution < 1.29 is 18.7 Å². The van der Waals surface area contributed by atoms with Crippen molar-refractivity contribution in [2.24, 2.45) is 0 Å². The van der Waals surface area contributed by atoms with Gasteiger partial charge in [-0.05, 0) is 38.5 Å². The highest BCUT2D eigenvalue weighted by atomic mass is 32.1. The Morgan fingerprint density at radius 2 is 2.12 bits per heavy atom. The predicted molar refractivity (Wildman–Crippen MR) is 121 cm³/mol. The van der Waals surface area contributed by atoms with Crippen LogP contribution in [-0.4, -0.2) is 46.9 Å². The molecule has 1 atom stereocenters. The number of rotatable bonds is 4. The van der Waals surface area contributed by atoms with Gasteiger partial charge in [-0.2, -0.15) is 0 Å². The first-order valence-electron chi connectivity index (χ1n) is 10.9. The second-order valence-electron chi connectivity index (χ2n) is 8.65. The van der Waals surface area contributed by atoms with E-state index in [1.165, 1.54) is 6.07 Å². The Morgan fingerprint density at radius 1 is 1.34 bits per heavy atom. The number of amides is 1. The molecule has 2 fully saturated rings. The number of anilines is 1. The first kappa shape index (κ1) is 21.4. The van der Waals surface area contributed by atoms with E-state index in [4.69, 9.17) is 9.47 Å². The summed E-state index contributed by atoms with van der Waals surface area (Å²) in [6.45, 7) is 8.03. The Morgan fingerprint density at radius 3 is 2.81 bits per heavy atom. The number of benzene rings is 1. The van der Waals surface area contributed by atoms with Crippen LogP contribution in [0, 0.1) is 19.7 Å². The van der Waals surface area contributed by atoms with Crippen LogP contribution >= 0.6 is 11.3 Å². The van der Waals surface area contributed by atoms with Gasteiger partial charge in [-0.25, -0.2) is 9.37 Å². The third kappa shape index (κ3) is 3.89. The zero-order valence-corrected chi connectivity index (χ0v) is 19.3. The van der Waals surface area contributed by atoms with Crippen LogP contribution in [0.4, 0.5) is 10.1 Å². The molecule has 2 aliphatic rings. The van der Waals surface area contributed by atoms with Gasteiger partial charge >= 0.3 is 0 Å². The number of nitrogens with one attached hydrogen (secondary N) is 1. The third-order valence-corrected chi connectivity index (χ3v) is 7.06. The van der Waals surface area contributed by atoms with Crippen molar-refractivity contribution in [3.05, 3.63) is 52.0 Å². The van der Waals surface area contributed by atoms with Crippen LogP contribution in [0.3, 0.4) is 0 Å². The summed E-state index contributed by atoms with van der Waals surface area (Å²) >= 11 is 1.54. The fourth-order valence-electron chi connectivity index (χ4n) is 4.58. The van der Waals surface area contributed by atoms with E-state index in [2.05, 4.69) is 10.3 Å². The molecular formula is C23H27FN4O3S. The lowest BCUT2D eigenvalue weighted by atomic mass is 10.0. The van der Waals surface area contributed by atoms with E-state index < -0.39 is 5.79 Å². The quantitative estimate of drug-likeness (QED) is 0.644. The summed E-state index contributed by atoms with van der Waals surface area (Å²) in [7, 11) is 0.